The molecule has 0 aliphatic carbocycles. The van der Waals surface area contributed by atoms with Crippen molar-refractivity contribution in [2.45, 2.75) is 19.3 Å². The molecular weight excluding hydrogens is 212 g/mol. The fourth-order valence-electron chi connectivity index (χ4n) is 3.16. The first-order chi connectivity index (χ1) is 8.23. The smallest absolute Gasteiger partial charge is 0.240 e. The van der Waals surface area contributed by atoms with Gasteiger partial charge in [-0.05, 0) is 25.1 Å². The number of carbonyl (C=O) groups excluding carboxylic acids is 1. The van der Waals surface area contributed by atoms with Gasteiger partial charge in [0, 0.05) is 25.3 Å². The molecule has 0 radical (unpaired) electrons. The molecule has 0 bridgehead atoms. The van der Waals surface area contributed by atoms with Crippen LogP contribution in [0.4, 0.5) is 5.69 Å². The molecule has 1 aromatic rings. The summed E-state index contributed by atoms with van der Waals surface area (Å²) in [6.45, 7) is 7.76. The highest BCUT2D eigenvalue weighted by atomic mass is 16.2. The molecule has 1 aromatic carbocycles. The first-order valence-electron chi connectivity index (χ1n) is 6.36. The molecular formula is C14H18N2O. The van der Waals surface area contributed by atoms with Crippen molar-refractivity contribution in [3.8, 4) is 0 Å². The van der Waals surface area contributed by atoms with E-state index in [0.717, 1.165) is 31.9 Å². The molecule has 1 saturated heterocycles. The second kappa shape index (κ2) is 3.57. The maximum Gasteiger partial charge on any atom is 0.240 e. The predicted octanol–water partition coefficient (Wildman–Crippen LogP) is 1.63. The van der Waals surface area contributed by atoms with Gasteiger partial charge in [0.05, 0.1) is 0 Å². The molecule has 0 saturated carbocycles. The molecule has 2 aliphatic heterocycles. The second-order valence-corrected chi connectivity index (χ2v) is 4.95. The molecule has 1 spiro atoms. The van der Waals surface area contributed by atoms with E-state index in [2.05, 4.69) is 24.0 Å². The van der Waals surface area contributed by atoms with E-state index in [9.17, 15) is 4.79 Å². The third-order valence-electron chi connectivity index (χ3n) is 4.12. The van der Waals surface area contributed by atoms with Crippen molar-refractivity contribution in [1.29, 1.82) is 0 Å². The quantitative estimate of drug-likeness (QED) is 0.771. The highest BCUT2D eigenvalue weighted by Crippen LogP contribution is 2.46. The van der Waals surface area contributed by atoms with Crippen LogP contribution in [-0.2, 0) is 10.2 Å². The lowest BCUT2D eigenvalue weighted by molar-refractivity contribution is -0.129. The summed E-state index contributed by atoms with van der Waals surface area (Å²) in [4.78, 5) is 16.8. The lowest BCUT2D eigenvalue weighted by atomic mass is 9.74. The van der Waals surface area contributed by atoms with Crippen LogP contribution in [0, 0.1) is 0 Å². The normalized spacial score (nSPS) is 21.8. The predicted molar refractivity (Wildman–Crippen MR) is 68.3 cm³/mol. The summed E-state index contributed by atoms with van der Waals surface area (Å²) >= 11 is 0. The van der Waals surface area contributed by atoms with Gasteiger partial charge in [0.15, 0.2) is 0 Å². The Bertz CT molecular complexity index is 463. The third kappa shape index (κ3) is 1.23. The van der Waals surface area contributed by atoms with Gasteiger partial charge < -0.3 is 9.80 Å². The molecule has 1 fully saturated rings. The Kier molecular flexibility index (Phi) is 2.26. The van der Waals surface area contributed by atoms with E-state index in [0.29, 0.717) is 5.91 Å². The molecule has 2 aliphatic rings. The Labute approximate surface area is 102 Å². The van der Waals surface area contributed by atoms with Gasteiger partial charge in [-0.25, -0.2) is 0 Å². The summed E-state index contributed by atoms with van der Waals surface area (Å²) < 4.78 is 0. The van der Waals surface area contributed by atoms with E-state index < -0.39 is 0 Å². The fourth-order valence-corrected chi connectivity index (χ4v) is 3.16. The summed E-state index contributed by atoms with van der Waals surface area (Å²) in [5, 5.41) is 0. The minimum absolute atomic E-state index is 0.234. The Morgan fingerprint density at radius 1 is 1.18 bits per heavy atom. The van der Waals surface area contributed by atoms with Gasteiger partial charge in [0.1, 0.15) is 5.41 Å². The van der Waals surface area contributed by atoms with E-state index in [-0.39, 0.29) is 5.41 Å². The number of fused-ring (bicyclic) bond motifs is 2. The largest absolute Gasteiger partial charge is 0.312 e. The number of amides is 1. The number of rotatable bonds is 2. The minimum atomic E-state index is -0.234. The fraction of sp³-hybridized carbons (Fsp3) is 0.500. The number of likely N-dealkylation sites (tertiary alicyclic amines) is 1. The van der Waals surface area contributed by atoms with Gasteiger partial charge in [-0.3, -0.25) is 4.79 Å². The van der Waals surface area contributed by atoms with Gasteiger partial charge >= 0.3 is 0 Å². The molecule has 3 rings (SSSR count). The van der Waals surface area contributed by atoms with Crippen LogP contribution in [-0.4, -0.2) is 37.0 Å². The highest BCUT2D eigenvalue weighted by molar-refractivity contribution is 6.09. The van der Waals surface area contributed by atoms with E-state index in [1.807, 2.05) is 24.0 Å². The van der Waals surface area contributed by atoms with Crippen LogP contribution in [0.3, 0.4) is 0 Å². The third-order valence-corrected chi connectivity index (χ3v) is 4.12. The maximum absolute atomic E-state index is 12.6. The number of benzene rings is 1. The van der Waals surface area contributed by atoms with Crippen LogP contribution in [0.15, 0.2) is 24.3 Å². The molecule has 2 heterocycles. The lowest BCUT2D eigenvalue weighted by Crippen LogP contribution is -2.63. The van der Waals surface area contributed by atoms with Crippen molar-refractivity contribution in [3.05, 3.63) is 29.8 Å². The Hall–Kier alpha value is -1.35. The molecule has 0 unspecified atom stereocenters. The number of hydrogen-bond donors (Lipinski definition) is 0. The summed E-state index contributed by atoms with van der Waals surface area (Å²) in [7, 11) is 0. The molecule has 0 atom stereocenters. The average Bonchev–Trinajstić information content (AvgIpc) is 2.55. The Morgan fingerprint density at radius 2 is 1.88 bits per heavy atom. The maximum atomic E-state index is 12.6. The zero-order valence-electron chi connectivity index (χ0n) is 10.4. The van der Waals surface area contributed by atoms with E-state index >= 15 is 0 Å². The first-order valence-corrected chi connectivity index (χ1v) is 6.36. The topological polar surface area (TPSA) is 23.6 Å². The van der Waals surface area contributed by atoms with Crippen molar-refractivity contribution < 1.29 is 4.79 Å². The van der Waals surface area contributed by atoms with Crippen molar-refractivity contribution in [2.75, 3.05) is 31.1 Å². The Balaban J connectivity index is 2.05. The molecule has 1 amide bonds. The van der Waals surface area contributed by atoms with Crippen molar-refractivity contribution in [3.63, 3.8) is 0 Å². The number of nitrogens with zero attached hydrogens (tertiary/aromatic N) is 2. The SMILES string of the molecule is CCN1CC2(C1)C(=O)N(CC)c1ccccc12. The zero-order valence-corrected chi connectivity index (χ0v) is 10.4. The summed E-state index contributed by atoms with van der Waals surface area (Å²) in [5.41, 5.74) is 2.12. The number of carbonyl (C=O) groups is 1. The first kappa shape index (κ1) is 10.8. The van der Waals surface area contributed by atoms with Gasteiger partial charge in [-0.2, -0.15) is 0 Å². The average molecular weight is 230 g/mol. The number of anilines is 1. The van der Waals surface area contributed by atoms with Gasteiger partial charge in [-0.15, -0.1) is 0 Å². The number of hydrogen-bond acceptors (Lipinski definition) is 2. The van der Waals surface area contributed by atoms with E-state index in [1.165, 1.54) is 5.56 Å². The molecule has 3 heteroatoms. The zero-order chi connectivity index (χ0) is 12.0. The van der Waals surface area contributed by atoms with Gasteiger partial charge in [-0.1, -0.05) is 25.1 Å². The summed E-state index contributed by atoms with van der Waals surface area (Å²) in [5.74, 6) is 0.297. The number of para-hydroxylation sites is 1. The van der Waals surface area contributed by atoms with Crippen molar-refractivity contribution >= 4 is 11.6 Å². The van der Waals surface area contributed by atoms with Crippen LogP contribution in [0.1, 0.15) is 19.4 Å². The monoisotopic (exact) mass is 230 g/mol. The van der Waals surface area contributed by atoms with E-state index in [4.69, 9.17) is 0 Å². The Morgan fingerprint density at radius 3 is 2.53 bits per heavy atom. The highest BCUT2D eigenvalue weighted by Gasteiger charge is 2.56. The summed E-state index contributed by atoms with van der Waals surface area (Å²) in [6, 6.07) is 8.25. The van der Waals surface area contributed by atoms with Crippen LogP contribution in [0.2, 0.25) is 0 Å². The van der Waals surface area contributed by atoms with Crippen molar-refractivity contribution in [1.82, 2.24) is 4.90 Å². The van der Waals surface area contributed by atoms with Gasteiger partial charge in [0.25, 0.3) is 0 Å². The van der Waals surface area contributed by atoms with Crippen LogP contribution >= 0.6 is 0 Å². The van der Waals surface area contributed by atoms with Crippen molar-refractivity contribution in [2.24, 2.45) is 0 Å². The summed E-state index contributed by atoms with van der Waals surface area (Å²) in [6.07, 6.45) is 0. The molecule has 90 valence electrons. The standard InChI is InChI=1S/C14H18N2O/c1-3-15-9-14(10-15)11-7-5-6-8-12(11)16(4-2)13(14)17/h5-8H,3-4,9-10H2,1-2H3. The van der Waals surface area contributed by atoms with Crippen LogP contribution < -0.4 is 4.90 Å². The van der Waals surface area contributed by atoms with Gasteiger partial charge in [0.2, 0.25) is 5.91 Å². The molecule has 3 nitrogen and oxygen atoms in total. The molecule has 0 N–H and O–H groups in total. The van der Waals surface area contributed by atoms with E-state index in [1.54, 1.807) is 0 Å². The molecule has 17 heavy (non-hydrogen) atoms. The molecule has 0 aromatic heterocycles. The number of likely N-dealkylation sites (N-methyl/N-ethyl adjacent to an activating group) is 2. The second-order valence-electron chi connectivity index (χ2n) is 4.95. The lowest BCUT2D eigenvalue weighted by Gasteiger charge is -2.46. The minimum Gasteiger partial charge on any atom is -0.312 e. The van der Waals surface area contributed by atoms with Crippen LogP contribution in [0.25, 0.3) is 0 Å². The van der Waals surface area contributed by atoms with Crippen LogP contribution in [0.5, 0.6) is 0 Å².